The molecule has 0 aromatic rings. The van der Waals surface area contributed by atoms with Gasteiger partial charge in [-0.05, 0) is 44.3 Å². The van der Waals surface area contributed by atoms with E-state index in [1.54, 1.807) is 0 Å². The molecule has 4 nitrogen and oxygen atoms in total. The van der Waals surface area contributed by atoms with E-state index in [-0.39, 0.29) is 6.04 Å². The Labute approximate surface area is 77.7 Å². The summed E-state index contributed by atoms with van der Waals surface area (Å²) in [6.07, 6.45) is 2.01. The van der Waals surface area contributed by atoms with Crippen LogP contribution in [-0.4, -0.2) is 36.8 Å². The monoisotopic (exact) mass is 184 g/mol. The second kappa shape index (κ2) is 3.64. The van der Waals surface area contributed by atoms with Gasteiger partial charge in [0.05, 0.1) is 0 Å². The maximum absolute atomic E-state index is 10.7. The Balaban J connectivity index is 1.86. The fourth-order valence-electron chi connectivity index (χ4n) is 2.39. The molecular formula is C9H16N2O2. The van der Waals surface area contributed by atoms with Crippen LogP contribution in [0.3, 0.4) is 0 Å². The van der Waals surface area contributed by atoms with Crippen molar-refractivity contribution in [2.45, 2.75) is 18.9 Å². The van der Waals surface area contributed by atoms with Gasteiger partial charge < -0.3 is 15.7 Å². The molecule has 0 bridgehead atoms. The lowest BCUT2D eigenvalue weighted by atomic mass is 9.89. The predicted octanol–water partition coefficient (Wildman–Crippen LogP) is -0.341. The molecule has 3 N–H and O–H groups in total. The molecule has 3 atom stereocenters. The van der Waals surface area contributed by atoms with Crippen molar-refractivity contribution in [3.63, 3.8) is 0 Å². The standard InChI is InChI=1S/C9H16N2O2/c12-9(13)8-3-7(5-11-8)6-1-2-10-4-6/h6-8,10-11H,1-5H2,(H,12,13). The molecule has 2 aliphatic rings. The Bertz CT molecular complexity index is 202. The summed E-state index contributed by atoms with van der Waals surface area (Å²) in [5.74, 6) is 0.557. The largest absolute Gasteiger partial charge is 0.480 e. The molecule has 2 rings (SSSR count). The molecular weight excluding hydrogens is 168 g/mol. The lowest BCUT2D eigenvalue weighted by Crippen LogP contribution is -2.29. The summed E-state index contributed by atoms with van der Waals surface area (Å²) in [6, 6.07) is -0.300. The minimum absolute atomic E-state index is 0.300. The first-order valence-electron chi connectivity index (χ1n) is 4.94. The molecule has 2 saturated heterocycles. The van der Waals surface area contributed by atoms with Crippen molar-refractivity contribution >= 4 is 5.97 Å². The quantitative estimate of drug-likeness (QED) is 0.549. The minimum Gasteiger partial charge on any atom is -0.480 e. The fraction of sp³-hybridized carbons (Fsp3) is 0.889. The van der Waals surface area contributed by atoms with Crippen LogP contribution in [0.4, 0.5) is 0 Å². The topological polar surface area (TPSA) is 61.4 Å². The fourth-order valence-corrected chi connectivity index (χ4v) is 2.39. The van der Waals surface area contributed by atoms with Gasteiger partial charge in [0.15, 0.2) is 0 Å². The molecule has 0 aliphatic carbocycles. The average molecular weight is 184 g/mol. The maximum Gasteiger partial charge on any atom is 0.320 e. The molecule has 4 heteroatoms. The number of carboxylic acid groups (broad SMARTS) is 1. The van der Waals surface area contributed by atoms with E-state index in [2.05, 4.69) is 10.6 Å². The summed E-state index contributed by atoms with van der Waals surface area (Å²) in [5, 5.41) is 15.2. The molecule has 0 saturated carbocycles. The van der Waals surface area contributed by atoms with Crippen LogP contribution >= 0.6 is 0 Å². The van der Waals surface area contributed by atoms with Crippen LogP contribution in [0, 0.1) is 11.8 Å². The van der Waals surface area contributed by atoms with Crippen molar-refractivity contribution in [2.24, 2.45) is 11.8 Å². The maximum atomic E-state index is 10.7. The summed E-state index contributed by atoms with van der Waals surface area (Å²) in [7, 11) is 0. The van der Waals surface area contributed by atoms with E-state index < -0.39 is 5.97 Å². The lowest BCUT2D eigenvalue weighted by molar-refractivity contribution is -0.139. The summed E-state index contributed by atoms with van der Waals surface area (Å²) in [4.78, 5) is 10.7. The van der Waals surface area contributed by atoms with E-state index in [0.717, 1.165) is 26.1 Å². The zero-order valence-corrected chi connectivity index (χ0v) is 7.62. The smallest absolute Gasteiger partial charge is 0.320 e. The highest BCUT2D eigenvalue weighted by Crippen LogP contribution is 2.26. The third-order valence-corrected chi connectivity index (χ3v) is 3.23. The van der Waals surface area contributed by atoms with Crippen LogP contribution in [0.1, 0.15) is 12.8 Å². The van der Waals surface area contributed by atoms with Gasteiger partial charge in [-0.1, -0.05) is 0 Å². The van der Waals surface area contributed by atoms with E-state index in [4.69, 9.17) is 5.11 Å². The van der Waals surface area contributed by atoms with Crippen molar-refractivity contribution in [1.82, 2.24) is 10.6 Å². The van der Waals surface area contributed by atoms with Crippen molar-refractivity contribution in [3.8, 4) is 0 Å². The molecule has 3 unspecified atom stereocenters. The van der Waals surface area contributed by atoms with Crippen molar-refractivity contribution in [3.05, 3.63) is 0 Å². The van der Waals surface area contributed by atoms with Gasteiger partial charge in [-0.25, -0.2) is 0 Å². The van der Waals surface area contributed by atoms with Crippen molar-refractivity contribution in [2.75, 3.05) is 19.6 Å². The number of aliphatic carboxylic acids is 1. The van der Waals surface area contributed by atoms with Crippen LogP contribution < -0.4 is 10.6 Å². The van der Waals surface area contributed by atoms with E-state index >= 15 is 0 Å². The molecule has 0 radical (unpaired) electrons. The Morgan fingerprint density at radius 1 is 1.31 bits per heavy atom. The minimum atomic E-state index is -0.701. The average Bonchev–Trinajstić information content (AvgIpc) is 2.75. The highest BCUT2D eigenvalue weighted by Gasteiger charge is 2.34. The van der Waals surface area contributed by atoms with Crippen LogP contribution in [0.5, 0.6) is 0 Å². The number of rotatable bonds is 2. The van der Waals surface area contributed by atoms with Gasteiger partial charge in [0.1, 0.15) is 6.04 Å². The second-order valence-electron chi connectivity index (χ2n) is 4.05. The molecule has 0 aromatic heterocycles. The Morgan fingerprint density at radius 2 is 2.15 bits per heavy atom. The Hall–Kier alpha value is -0.610. The SMILES string of the molecule is O=C(O)C1CC(C2CCNC2)CN1. The predicted molar refractivity (Wildman–Crippen MR) is 48.5 cm³/mol. The molecule has 2 fully saturated rings. The van der Waals surface area contributed by atoms with Crippen molar-refractivity contribution in [1.29, 1.82) is 0 Å². The van der Waals surface area contributed by atoms with E-state index in [0.29, 0.717) is 11.8 Å². The van der Waals surface area contributed by atoms with Gasteiger partial charge in [-0.3, -0.25) is 4.79 Å². The van der Waals surface area contributed by atoms with Crippen LogP contribution in [-0.2, 0) is 4.79 Å². The lowest BCUT2D eigenvalue weighted by Gasteiger charge is -2.15. The third kappa shape index (κ3) is 1.84. The van der Waals surface area contributed by atoms with E-state index in [9.17, 15) is 4.79 Å². The van der Waals surface area contributed by atoms with Gasteiger partial charge in [0, 0.05) is 0 Å². The first-order chi connectivity index (χ1) is 6.27. The summed E-state index contributed by atoms with van der Waals surface area (Å²) in [5.41, 5.74) is 0. The van der Waals surface area contributed by atoms with Crippen LogP contribution in [0.25, 0.3) is 0 Å². The Morgan fingerprint density at radius 3 is 2.69 bits per heavy atom. The molecule has 13 heavy (non-hydrogen) atoms. The van der Waals surface area contributed by atoms with E-state index in [1.165, 1.54) is 6.42 Å². The van der Waals surface area contributed by atoms with Gasteiger partial charge >= 0.3 is 5.97 Å². The normalized spacial score (nSPS) is 39.5. The van der Waals surface area contributed by atoms with E-state index in [1.807, 2.05) is 0 Å². The zero-order chi connectivity index (χ0) is 9.26. The molecule has 0 amide bonds. The number of nitrogens with one attached hydrogen (secondary N) is 2. The Kier molecular flexibility index (Phi) is 2.51. The van der Waals surface area contributed by atoms with Gasteiger partial charge in [0.2, 0.25) is 0 Å². The van der Waals surface area contributed by atoms with Gasteiger partial charge in [-0.15, -0.1) is 0 Å². The second-order valence-corrected chi connectivity index (χ2v) is 4.05. The first kappa shape index (κ1) is 8.97. The number of hydrogen-bond donors (Lipinski definition) is 3. The summed E-state index contributed by atoms with van der Waals surface area (Å²) < 4.78 is 0. The number of carbonyl (C=O) groups is 1. The number of carboxylic acids is 1. The molecule has 2 aliphatic heterocycles. The molecule has 0 aromatic carbocycles. The first-order valence-corrected chi connectivity index (χ1v) is 4.94. The third-order valence-electron chi connectivity index (χ3n) is 3.23. The van der Waals surface area contributed by atoms with Crippen LogP contribution in [0.2, 0.25) is 0 Å². The summed E-state index contributed by atoms with van der Waals surface area (Å²) in [6.45, 7) is 3.04. The molecule has 2 heterocycles. The highest BCUT2D eigenvalue weighted by atomic mass is 16.4. The van der Waals surface area contributed by atoms with Gasteiger partial charge in [-0.2, -0.15) is 0 Å². The van der Waals surface area contributed by atoms with Gasteiger partial charge in [0.25, 0.3) is 0 Å². The summed E-state index contributed by atoms with van der Waals surface area (Å²) >= 11 is 0. The number of hydrogen-bond acceptors (Lipinski definition) is 3. The molecule has 74 valence electrons. The zero-order valence-electron chi connectivity index (χ0n) is 7.62. The molecule has 0 spiro atoms. The van der Waals surface area contributed by atoms with Crippen LogP contribution in [0.15, 0.2) is 0 Å². The highest BCUT2D eigenvalue weighted by molar-refractivity contribution is 5.73. The van der Waals surface area contributed by atoms with Crippen molar-refractivity contribution < 1.29 is 9.90 Å².